The van der Waals surface area contributed by atoms with E-state index < -0.39 is 0 Å². The molecule has 1 heterocycles. The molecule has 0 saturated heterocycles. The molecular weight excluding hydrogens is 231 g/mol. The molecule has 0 unspecified atom stereocenters. The highest BCUT2D eigenvalue weighted by Crippen LogP contribution is 2.16. The predicted octanol–water partition coefficient (Wildman–Crippen LogP) is 2.80. The summed E-state index contributed by atoms with van der Waals surface area (Å²) >= 11 is 0. The van der Waals surface area contributed by atoms with Gasteiger partial charge < -0.3 is 5.32 Å². The summed E-state index contributed by atoms with van der Waals surface area (Å²) in [5.41, 5.74) is 1.25. The summed E-state index contributed by atoms with van der Waals surface area (Å²) in [7, 11) is 1.95. The number of fused-ring (bicyclic) bond motifs is 1. The lowest BCUT2D eigenvalue weighted by atomic mass is 10.1. The first kappa shape index (κ1) is 14.2. The number of hydrogen-bond acceptors (Lipinski definition) is 2. The number of nitrogens with one attached hydrogen (secondary N) is 1. The van der Waals surface area contributed by atoms with Gasteiger partial charge in [0, 0.05) is 24.3 Å². The maximum Gasteiger partial charge on any atom is 0.0346 e. The van der Waals surface area contributed by atoms with Crippen molar-refractivity contribution in [2.45, 2.75) is 6.54 Å². The molecule has 2 aromatic rings. The van der Waals surface area contributed by atoms with Gasteiger partial charge in [0.05, 0.1) is 0 Å². The van der Waals surface area contributed by atoms with Gasteiger partial charge in [-0.25, -0.2) is 0 Å². The first-order valence-corrected chi connectivity index (χ1v) is 4.38. The van der Waals surface area contributed by atoms with Crippen molar-refractivity contribution in [3.05, 3.63) is 42.2 Å². The standard InChI is InChI=1S/C11H12N2.2ClH/c1-12-6-10-8-13-7-9-4-2-3-5-11(9)10;;/h2-5,7-8,12H,6H2,1H3;2*1H. The highest BCUT2D eigenvalue weighted by atomic mass is 35.5. The van der Waals surface area contributed by atoms with E-state index >= 15 is 0 Å². The summed E-state index contributed by atoms with van der Waals surface area (Å²) in [5.74, 6) is 0. The maximum atomic E-state index is 4.19. The molecular formula is C11H14Cl2N2. The zero-order chi connectivity index (χ0) is 9.10. The first-order chi connectivity index (χ1) is 6.42. The number of aromatic nitrogens is 1. The van der Waals surface area contributed by atoms with Crippen LogP contribution in [-0.4, -0.2) is 12.0 Å². The van der Waals surface area contributed by atoms with Crippen LogP contribution in [0.4, 0.5) is 0 Å². The van der Waals surface area contributed by atoms with E-state index in [0.29, 0.717) is 0 Å². The molecule has 15 heavy (non-hydrogen) atoms. The van der Waals surface area contributed by atoms with Gasteiger partial charge >= 0.3 is 0 Å². The van der Waals surface area contributed by atoms with Gasteiger partial charge in [0.2, 0.25) is 0 Å². The smallest absolute Gasteiger partial charge is 0.0346 e. The molecule has 2 rings (SSSR count). The molecule has 0 radical (unpaired) electrons. The van der Waals surface area contributed by atoms with Crippen molar-refractivity contribution in [3.63, 3.8) is 0 Å². The quantitative estimate of drug-likeness (QED) is 0.879. The Morgan fingerprint density at radius 2 is 1.87 bits per heavy atom. The zero-order valence-electron chi connectivity index (χ0n) is 8.43. The van der Waals surface area contributed by atoms with Crippen LogP contribution in [0.2, 0.25) is 0 Å². The van der Waals surface area contributed by atoms with Crippen LogP contribution in [0.5, 0.6) is 0 Å². The summed E-state index contributed by atoms with van der Waals surface area (Å²) in [4.78, 5) is 4.19. The molecule has 0 spiro atoms. The Kier molecular flexibility index (Phi) is 6.25. The van der Waals surface area contributed by atoms with E-state index in [4.69, 9.17) is 0 Å². The molecule has 0 bridgehead atoms. The minimum atomic E-state index is 0. The topological polar surface area (TPSA) is 24.9 Å². The third kappa shape index (κ3) is 3.06. The molecule has 0 aliphatic carbocycles. The van der Waals surface area contributed by atoms with Crippen LogP contribution in [0, 0.1) is 0 Å². The van der Waals surface area contributed by atoms with Crippen LogP contribution in [0.3, 0.4) is 0 Å². The fraction of sp³-hybridized carbons (Fsp3) is 0.182. The summed E-state index contributed by atoms with van der Waals surface area (Å²) in [6, 6.07) is 8.31. The normalized spacial score (nSPS) is 9.13. The molecule has 0 aliphatic rings. The molecule has 0 aliphatic heterocycles. The molecule has 4 heteroatoms. The Labute approximate surface area is 102 Å². The molecule has 2 nitrogen and oxygen atoms in total. The van der Waals surface area contributed by atoms with Gasteiger partial charge in [-0.05, 0) is 18.0 Å². The molecule has 0 saturated carbocycles. The average molecular weight is 245 g/mol. The fourth-order valence-electron chi connectivity index (χ4n) is 1.51. The second-order valence-electron chi connectivity index (χ2n) is 3.05. The van der Waals surface area contributed by atoms with Gasteiger partial charge in [0.15, 0.2) is 0 Å². The second kappa shape index (κ2) is 6.62. The van der Waals surface area contributed by atoms with Crippen molar-refractivity contribution in [1.29, 1.82) is 0 Å². The Morgan fingerprint density at radius 3 is 2.60 bits per heavy atom. The molecule has 0 fully saturated rings. The lowest BCUT2D eigenvalue weighted by Gasteiger charge is -2.03. The van der Waals surface area contributed by atoms with Crippen molar-refractivity contribution in [3.8, 4) is 0 Å². The first-order valence-electron chi connectivity index (χ1n) is 4.38. The van der Waals surface area contributed by atoms with Gasteiger partial charge in [0.1, 0.15) is 0 Å². The van der Waals surface area contributed by atoms with Crippen LogP contribution >= 0.6 is 24.8 Å². The highest BCUT2D eigenvalue weighted by molar-refractivity contribution is 5.85. The van der Waals surface area contributed by atoms with Gasteiger partial charge in [-0.2, -0.15) is 0 Å². The van der Waals surface area contributed by atoms with E-state index in [1.807, 2.05) is 25.5 Å². The monoisotopic (exact) mass is 244 g/mol. The Hall–Kier alpha value is -0.830. The number of benzene rings is 1. The number of hydrogen-bond donors (Lipinski definition) is 1. The van der Waals surface area contributed by atoms with E-state index in [9.17, 15) is 0 Å². The highest BCUT2D eigenvalue weighted by Gasteiger charge is 1.98. The van der Waals surface area contributed by atoms with Gasteiger partial charge in [-0.1, -0.05) is 24.3 Å². The van der Waals surface area contributed by atoms with Gasteiger partial charge in [-0.15, -0.1) is 24.8 Å². The fourth-order valence-corrected chi connectivity index (χ4v) is 1.51. The third-order valence-corrected chi connectivity index (χ3v) is 2.12. The molecule has 0 amide bonds. The molecule has 1 aromatic carbocycles. The SMILES string of the molecule is CNCc1cncc2ccccc12.Cl.Cl. The molecule has 1 N–H and O–H groups in total. The van der Waals surface area contributed by atoms with Gasteiger partial charge in [-0.3, -0.25) is 4.98 Å². The molecule has 0 atom stereocenters. The van der Waals surface area contributed by atoms with E-state index in [1.54, 1.807) is 0 Å². The lowest BCUT2D eigenvalue weighted by molar-refractivity contribution is 0.820. The Bertz CT molecular complexity index is 413. The Morgan fingerprint density at radius 1 is 1.13 bits per heavy atom. The van der Waals surface area contributed by atoms with Crippen molar-refractivity contribution >= 4 is 35.6 Å². The minimum Gasteiger partial charge on any atom is -0.316 e. The van der Waals surface area contributed by atoms with Crippen molar-refractivity contribution in [2.75, 3.05) is 7.05 Å². The summed E-state index contributed by atoms with van der Waals surface area (Å²) < 4.78 is 0. The number of rotatable bonds is 2. The van der Waals surface area contributed by atoms with Crippen LogP contribution in [0.25, 0.3) is 10.8 Å². The largest absolute Gasteiger partial charge is 0.316 e. The average Bonchev–Trinajstić information content (AvgIpc) is 2.19. The van der Waals surface area contributed by atoms with Crippen molar-refractivity contribution in [1.82, 2.24) is 10.3 Å². The number of halogens is 2. The van der Waals surface area contributed by atoms with Gasteiger partial charge in [0.25, 0.3) is 0 Å². The number of pyridine rings is 1. The second-order valence-corrected chi connectivity index (χ2v) is 3.05. The van der Waals surface area contributed by atoms with E-state index in [-0.39, 0.29) is 24.8 Å². The maximum absolute atomic E-state index is 4.19. The number of nitrogens with zero attached hydrogens (tertiary/aromatic N) is 1. The summed E-state index contributed by atoms with van der Waals surface area (Å²) in [6.45, 7) is 0.869. The van der Waals surface area contributed by atoms with Crippen LogP contribution in [0.1, 0.15) is 5.56 Å². The van der Waals surface area contributed by atoms with E-state index in [0.717, 1.165) is 6.54 Å². The van der Waals surface area contributed by atoms with Crippen LogP contribution in [0.15, 0.2) is 36.7 Å². The Balaban J connectivity index is 0.000000980. The van der Waals surface area contributed by atoms with Crippen molar-refractivity contribution < 1.29 is 0 Å². The lowest BCUT2D eigenvalue weighted by Crippen LogP contribution is -2.05. The molecule has 82 valence electrons. The van der Waals surface area contributed by atoms with E-state index in [2.05, 4.69) is 28.5 Å². The van der Waals surface area contributed by atoms with E-state index in [1.165, 1.54) is 16.3 Å². The van der Waals surface area contributed by atoms with Crippen molar-refractivity contribution in [2.24, 2.45) is 0 Å². The predicted molar refractivity (Wildman–Crippen MR) is 69.0 cm³/mol. The third-order valence-electron chi connectivity index (χ3n) is 2.12. The van der Waals surface area contributed by atoms with Crippen LogP contribution < -0.4 is 5.32 Å². The zero-order valence-corrected chi connectivity index (χ0v) is 10.1. The minimum absolute atomic E-state index is 0. The summed E-state index contributed by atoms with van der Waals surface area (Å²) in [6.07, 6.45) is 3.81. The molecule has 1 aromatic heterocycles. The van der Waals surface area contributed by atoms with Crippen LogP contribution in [-0.2, 0) is 6.54 Å². The summed E-state index contributed by atoms with van der Waals surface area (Å²) in [5, 5.41) is 5.62.